The third-order valence-electron chi connectivity index (χ3n) is 3.42. The first-order valence-electron chi connectivity index (χ1n) is 7.07. The minimum Gasteiger partial charge on any atom is -0.480 e. The van der Waals surface area contributed by atoms with Crippen molar-refractivity contribution >= 4 is 18.0 Å². The summed E-state index contributed by atoms with van der Waals surface area (Å²) in [7, 11) is 2.46. The van der Waals surface area contributed by atoms with Crippen LogP contribution in [0, 0.1) is 10.8 Å². The van der Waals surface area contributed by atoms with Gasteiger partial charge in [-0.1, -0.05) is 0 Å². The maximum atomic E-state index is 12.7. The molecule has 0 bridgehead atoms. The molecule has 2 aromatic rings. The van der Waals surface area contributed by atoms with E-state index in [0.29, 0.717) is 4.68 Å². The van der Waals surface area contributed by atoms with E-state index >= 15 is 0 Å². The van der Waals surface area contributed by atoms with Gasteiger partial charge in [-0.2, -0.15) is 18.3 Å². The molecule has 0 radical (unpaired) electrons. The largest absolute Gasteiger partial charge is 0.480 e. The highest BCUT2D eigenvalue weighted by molar-refractivity contribution is 6.01. The first-order chi connectivity index (χ1) is 12.2. The predicted molar refractivity (Wildman–Crippen MR) is 84.0 cm³/mol. The maximum absolute atomic E-state index is 12.7. The highest BCUT2D eigenvalue weighted by atomic mass is 19.4. The van der Waals surface area contributed by atoms with Crippen molar-refractivity contribution in [1.29, 1.82) is 10.8 Å². The van der Waals surface area contributed by atoms with E-state index in [-0.39, 0.29) is 17.0 Å². The number of pyridine rings is 1. The zero-order valence-electron chi connectivity index (χ0n) is 13.7. The highest BCUT2D eigenvalue weighted by Crippen LogP contribution is 2.28. The van der Waals surface area contributed by atoms with Crippen LogP contribution in [-0.4, -0.2) is 47.0 Å². The summed E-state index contributed by atoms with van der Waals surface area (Å²) in [6.45, 7) is 0. The fraction of sp³-hybridized carbons (Fsp3) is 0.267. The molecular weight excluding hydrogens is 355 g/mol. The van der Waals surface area contributed by atoms with Crippen LogP contribution in [-0.2, 0) is 10.9 Å². The summed E-state index contributed by atoms with van der Waals surface area (Å²) in [5.74, 6) is -2.27. The summed E-state index contributed by atoms with van der Waals surface area (Å²) in [4.78, 5) is 15.7. The zero-order chi connectivity index (χ0) is 19.5. The Hall–Kier alpha value is -3.24. The third-order valence-corrected chi connectivity index (χ3v) is 3.42. The maximum Gasteiger partial charge on any atom is 0.435 e. The van der Waals surface area contributed by atoms with Crippen LogP contribution in [0.5, 0.6) is 5.88 Å². The van der Waals surface area contributed by atoms with Crippen molar-refractivity contribution in [2.45, 2.75) is 12.1 Å². The first-order valence-corrected chi connectivity index (χ1v) is 7.07. The van der Waals surface area contributed by atoms with E-state index in [1.165, 1.54) is 19.4 Å². The topological polar surface area (TPSA) is 114 Å². The number of rotatable bonds is 5. The molecule has 2 aromatic heterocycles. The van der Waals surface area contributed by atoms with E-state index in [0.717, 1.165) is 25.6 Å². The Balaban J connectivity index is 2.42. The lowest BCUT2D eigenvalue weighted by molar-refractivity contribution is -0.141. The van der Waals surface area contributed by atoms with Crippen molar-refractivity contribution in [1.82, 2.24) is 14.8 Å². The number of alkyl halides is 3. The number of carbonyl (C=O) groups excluding carboxylic acids is 1. The number of esters is 1. The van der Waals surface area contributed by atoms with Crippen molar-refractivity contribution in [2.75, 3.05) is 14.2 Å². The Labute approximate surface area is 145 Å². The molecule has 11 heteroatoms. The van der Waals surface area contributed by atoms with Gasteiger partial charge in [-0.15, -0.1) is 0 Å². The SMILES string of the molecule is COC(=O)c1cc(C(C=N)C(=N)n2ccc(C(F)(F)F)n2)cnc1OC. The molecular formula is C15H14F3N5O3. The fourth-order valence-electron chi connectivity index (χ4n) is 2.14. The number of aromatic nitrogens is 3. The second kappa shape index (κ2) is 7.33. The summed E-state index contributed by atoms with van der Waals surface area (Å²) >= 11 is 0. The molecule has 0 fully saturated rings. The van der Waals surface area contributed by atoms with Crippen LogP contribution in [0.25, 0.3) is 0 Å². The first kappa shape index (κ1) is 19.1. The molecule has 0 spiro atoms. The molecule has 1 unspecified atom stereocenters. The van der Waals surface area contributed by atoms with Gasteiger partial charge in [0.2, 0.25) is 5.88 Å². The van der Waals surface area contributed by atoms with Crippen LogP contribution < -0.4 is 4.74 Å². The molecule has 0 amide bonds. The molecule has 0 aliphatic carbocycles. The van der Waals surface area contributed by atoms with Gasteiger partial charge in [-0.25, -0.2) is 14.5 Å². The van der Waals surface area contributed by atoms with Gasteiger partial charge in [0, 0.05) is 18.6 Å². The summed E-state index contributed by atoms with van der Waals surface area (Å²) in [5.41, 5.74) is -0.979. The Morgan fingerprint density at radius 3 is 2.58 bits per heavy atom. The molecule has 0 saturated heterocycles. The second-order valence-corrected chi connectivity index (χ2v) is 4.99. The number of carbonyl (C=O) groups is 1. The summed E-state index contributed by atoms with van der Waals surface area (Å²) in [6.07, 6.45) is -1.59. The molecule has 0 saturated carbocycles. The molecule has 2 rings (SSSR count). The van der Waals surface area contributed by atoms with Crippen LogP contribution in [0.3, 0.4) is 0 Å². The lowest BCUT2D eigenvalue weighted by Crippen LogP contribution is -2.23. The number of nitrogens with zero attached hydrogens (tertiary/aromatic N) is 3. The van der Waals surface area contributed by atoms with Gasteiger partial charge in [0.15, 0.2) is 5.69 Å². The Kier molecular flexibility index (Phi) is 5.38. The van der Waals surface area contributed by atoms with Crippen molar-refractivity contribution in [3.63, 3.8) is 0 Å². The van der Waals surface area contributed by atoms with Gasteiger partial charge >= 0.3 is 12.1 Å². The Bertz CT molecular complexity index is 847. The van der Waals surface area contributed by atoms with Crippen LogP contribution in [0.15, 0.2) is 24.5 Å². The second-order valence-electron chi connectivity index (χ2n) is 4.99. The van der Waals surface area contributed by atoms with Crippen LogP contribution in [0.1, 0.15) is 27.5 Å². The molecule has 2 N–H and O–H groups in total. The number of hydrogen-bond acceptors (Lipinski definition) is 7. The zero-order valence-corrected chi connectivity index (χ0v) is 13.7. The van der Waals surface area contributed by atoms with Crippen LogP contribution in [0.2, 0.25) is 0 Å². The lowest BCUT2D eigenvalue weighted by atomic mass is 9.99. The molecule has 0 aromatic carbocycles. The molecule has 8 nitrogen and oxygen atoms in total. The van der Waals surface area contributed by atoms with E-state index < -0.39 is 29.6 Å². The van der Waals surface area contributed by atoms with E-state index in [2.05, 4.69) is 14.8 Å². The smallest absolute Gasteiger partial charge is 0.435 e. The van der Waals surface area contributed by atoms with Crippen molar-refractivity contribution in [3.8, 4) is 5.88 Å². The normalized spacial score (nSPS) is 12.3. The van der Waals surface area contributed by atoms with Crippen molar-refractivity contribution in [3.05, 3.63) is 41.3 Å². The molecule has 1 atom stereocenters. The van der Waals surface area contributed by atoms with Gasteiger partial charge in [-0.05, 0) is 17.7 Å². The molecule has 138 valence electrons. The van der Waals surface area contributed by atoms with Gasteiger partial charge < -0.3 is 14.9 Å². The third kappa shape index (κ3) is 3.71. The van der Waals surface area contributed by atoms with Gasteiger partial charge in [-0.3, -0.25) is 5.41 Å². The van der Waals surface area contributed by atoms with Gasteiger partial charge in [0.05, 0.1) is 20.1 Å². The molecule has 0 aliphatic rings. The standard InChI is InChI=1S/C15H14F3N5O3/c1-25-13-9(14(24)26-2)5-8(7-21-13)10(6-19)12(20)23-4-3-11(22-23)15(16,17)18/h3-7,10,19-20H,1-2H3. The molecule has 26 heavy (non-hydrogen) atoms. The highest BCUT2D eigenvalue weighted by Gasteiger charge is 2.34. The average Bonchev–Trinajstić information content (AvgIpc) is 3.12. The molecule has 2 heterocycles. The van der Waals surface area contributed by atoms with Gasteiger partial charge in [0.1, 0.15) is 11.4 Å². The number of nitrogens with one attached hydrogen (secondary N) is 2. The van der Waals surface area contributed by atoms with E-state index in [1.54, 1.807) is 0 Å². The van der Waals surface area contributed by atoms with Gasteiger partial charge in [0.25, 0.3) is 0 Å². The minimum atomic E-state index is -4.65. The quantitative estimate of drug-likeness (QED) is 0.477. The number of halogens is 3. The lowest BCUT2D eigenvalue weighted by Gasteiger charge is -2.15. The average molecular weight is 369 g/mol. The van der Waals surface area contributed by atoms with E-state index in [1.807, 2.05) is 0 Å². The Morgan fingerprint density at radius 2 is 2.08 bits per heavy atom. The van der Waals surface area contributed by atoms with E-state index in [4.69, 9.17) is 15.6 Å². The summed E-state index contributed by atoms with van der Waals surface area (Å²) < 4.78 is 48.3. The number of methoxy groups -OCH3 is 2. The predicted octanol–water partition coefficient (Wildman–Crippen LogP) is 2.35. The van der Waals surface area contributed by atoms with E-state index in [9.17, 15) is 18.0 Å². The Morgan fingerprint density at radius 1 is 1.38 bits per heavy atom. The van der Waals surface area contributed by atoms with Crippen LogP contribution >= 0.6 is 0 Å². The monoisotopic (exact) mass is 369 g/mol. The fourth-order valence-corrected chi connectivity index (χ4v) is 2.14. The van der Waals surface area contributed by atoms with Crippen LogP contribution in [0.4, 0.5) is 13.2 Å². The number of hydrogen-bond donors (Lipinski definition) is 2. The molecule has 0 aliphatic heterocycles. The van der Waals surface area contributed by atoms with Crippen molar-refractivity contribution in [2.24, 2.45) is 0 Å². The number of ether oxygens (including phenoxy) is 2. The minimum absolute atomic E-state index is 0.0192. The summed E-state index contributed by atoms with van der Waals surface area (Å²) in [6, 6.07) is 2.03. The summed E-state index contributed by atoms with van der Waals surface area (Å²) in [5, 5.41) is 18.9. The van der Waals surface area contributed by atoms with Crippen molar-refractivity contribution < 1.29 is 27.4 Å².